The van der Waals surface area contributed by atoms with Crippen molar-refractivity contribution in [1.29, 1.82) is 0 Å². The Kier molecular flexibility index (Phi) is 11.9. The minimum atomic E-state index is 0.816. The molecule has 6 rings (SSSR count). The predicted octanol–water partition coefficient (Wildman–Crippen LogP) is 12.5. The molecule has 2 heterocycles. The summed E-state index contributed by atoms with van der Waals surface area (Å²) in [7, 11) is 0. The highest BCUT2D eigenvalue weighted by molar-refractivity contribution is 6.03. The third-order valence-electron chi connectivity index (χ3n) is 9.69. The van der Waals surface area contributed by atoms with Crippen LogP contribution in [0.2, 0.25) is 0 Å². The van der Waals surface area contributed by atoms with Crippen LogP contribution in [-0.4, -0.2) is 32.8 Å². The summed E-state index contributed by atoms with van der Waals surface area (Å²) in [4.78, 5) is 29.5. The zero-order valence-electron chi connectivity index (χ0n) is 33.8. The molecule has 0 radical (unpaired) electrons. The van der Waals surface area contributed by atoms with Crippen molar-refractivity contribution in [3.8, 4) is 0 Å². The molecule has 6 heteroatoms. The normalized spacial score (nSPS) is 12.7. The SMILES string of the molecule is CC(=Nc1ccc(Cc2ccc(N=C(C)c3cccc(C(C)=Nc4c(C)cc(C)cc4C)n3)cc2)cc1)c1cccc(C(C)=Nc2c(C)cc(C)cc2C)n1. The van der Waals surface area contributed by atoms with Crippen molar-refractivity contribution in [2.45, 2.75) is 75.7 Å². The summed E-state index contributed by atoms with van der Waals surface area (Å²) in [5, 5.41) is 0. The Labute approximate surface area is 326 Å². The Morgan fingerprint density at radius 2 is 0.691 bits per heavy atom. The fraction of sp³-hybridized carbons (Fsp3) is 0.224. The maximum atomic E-state index is 4.95. The van der Waals surface area contributed by atoms with Crippen molar-refractivity contribution >= 4 is 45.6 Å². The van der Waals surface area contributed by atoms with Crippen LogP contribution in [0.1, 0.15) is 95.0 Å². The van der Waals surface area contributed by atoms with E-state index in [2.05, 4.69) is 114 Å². The van der Waals surface area contributed by atoms with Gasteiger partial charge in [-0.3, -0.25) is 20.0 Å². The van der Waals surface area contributed by atoms with Crippen LogP contribution in [0.5, 0.6) is 0 Å². The molecule has 0 amide bonds. The predicted molar refractivity (Wildman–Crippen MR) is 233 cm³/mol. The van der Waals surface area contributed by atoms with E-state index in [1.54, 1.807) is 0 Å². The monoisotopic (exact) mass is 722 g/mol. The smallest absolute Gasteiger partial charge is 0.0849 e. The molecular weight excluding hydrogens is 673 g/mol. The molecule has 0 saturated carbocycles. The topological polar surface area (TPSA) is 75.2 Å². The summed E-state index contributed by atoms with van der Waals surface area (Å²) in [5.41, 5.74) is 20.2. The summed E-state index contributed by atoms with van der Waals surface area (Å²) in [6, 6.07) is 37.6. The standard InChI is InChI=1S/C49H50N6/c1-30-25-32(3)48(33(4)26-30)52-38(9)46-15-11-13-44(54-46)36(7)50-42-21-17-40(18-22-42)29-41-19-23-43(24-20-41)51-37(8)45-14-12-16-47(55-45)39(10)53-49-34(5)27-31(2)28-35(49)6/h11-28H,29H2,1-10H3. The lowest BCUT2D eigenvalue weighted by atomic mass is 10.0. The van der Waals surface area contributed by atoms with Crippen molar-refractivity contribution in [1.82, 2.24) is 9.97 Å². The molecule has 55 heavy (non-hydrogen) atoms. The van der Waals surface area contributed by atoms with Gasteiger partial charge in [-0.1, -0.05) is 71.8 Å². The maximum Gasteiger partial charge on any atom is 0.0849 e. The van der Waals surface area contributed by atoms with Gasteiger partial charge in [0.1, 0.15) is 0 Å². The van der Waals surface area contributed by atoms with E-state index in [4.69, 9.17) is 29.9 Å². The van der Waals surface area contributed by atoms with Gasteiger partial charge in [0.05, 0.1) is 68.4 Å². The summed E-state index contributed by atoms with van der Waals surface area (Å²) < 4.78 is 0. The average Bonchev–Trinajstić information content (AvgIpc) is 3.16. The number of aliphatic imine (C=N–C) groups is 4. The summed E-state index contributed by atoms with van der Waals surface area (Å²) >= 11 is 0. The van der Waals surface area contributed by atoms with E-state index in [1.165, 1.54) is 44.5 Å². The summed E-state index contributed by atoms with van der Waals surface area (Å²) in [5.74, 6) is 0. The van der Waals surface area contributed by atoms with Crippen molar-refractivity contribution in [3.63, 3.8) is 0 Å². The fourth-order valence-corrected chi connectivity index (χ4v) is 6.94. The van der Waals surface area contributed by atoms with E-state index < -0.39 is 0 Å². The van der Waals surface area contributed by atoms with Gasteiger partial charge in [0.15, 0.2) is 0 Å². The number of aromatic nitrogens is 2. The highest BCUT2D eigenvalue weighted by atomic mass is 14.8. The zero-order chi connectivity index (χ0) is 39.2. The van der Waals surface area contributed by atoms with Gasteiger partial charge in [0, 0.05) is 0 Å². The molecule has 276 valence electrons. The second-order valence-corrected chi connectivity index (χ2v) is 14.6. The van der Waals surface area contributed by atoms with E-state index in [-0.39, 0.29) is 0 Å². The average molecular weight is 723 g/mol. The Hall–Kier alpha value is -6.14. The Morgan fingerprint density at radius 3 is 1.00 bits per heavy atom. The number of hydrogen-bond acceptors (Lipinski definition) is 6. The molecule has 0 unspecified atom stereocenters. The molecule has 0 aliphatic carbocycles. The van der Waals surface area contributed by atoms with Crippen LogP contribution in [0.25, 0.3) is 0 Å². The van der Waals surface area contributed by atoms with Gasteiger partial charge in [-0.2, -0.15) is 0 Å². The molecule has 6 nitrogen and oxygen atoms in total. The second kappa shape index (κ2) is 16.9. The van der Waals surface area contributed by atoms with Crippen LogP contribution in [-0.2, 0) is 6.42 Å². The molecule has 0 bridgehead atoms. The van der Waals surface area contributed by atoms with Crippen molar-refractivity contribution in [2.24, 2.45) is 20.0 Å². The molecule has 0 N–H and O–H groups in total. The first-order valence-electron chi connectivity index (χ1n) is 18.8. The number of hydrogen-bond donors (Lipinski definition) is 0. The lowest BCUT2D eigenvalue weighted by Gasteiger charge is -2.09. The van der Waals surface area contributed by atoms with Gasteiger partial charge in [-0.05, 0) is 158 Å². The molecule has 0 atom stereocenters. The Bertz CT molecular complexity index is 2260. The second-order valence-electron chi connectivity index (χ2n) is 14.6. The van der Waals surface area contributed by atoms with E-state index >= 15 is 0 Å². The molecule has 0 fully saturated rings. The molecule has 0 spiro atoms. The van der Waals surface area contributed by atoms with Crippen LogP contribution in [0, 0.1) is 41.5 Å². The minimum Gasteiger partial charge on any atom is -0.252 e. The lowest BCUT2D eigenvalue weighted by Crippen LogP contribution is -2.05. The van der Waals surface area contributed by atoms with Crippen molar-refractivity contribution < 1.29 is 0 Å². The third kappa shape index (κ3) is 9.70. The highest BCUT2D eigenvalue weighted by Gasteiger charge is 2.10. The van der Waals surface area contributed by atoms with Crippen LogP contribution in [0.4, 0.5) is 22.7 Å². The molecule has 0 aliphatic rings. The lowest BCUT2D eigenvalue weighted by molar-refractivity contribution is 1.19. The first-order valence-corrected chi connectivity index (χ1v) is 18.8. The molecule has 2 aromatic heterocycles. The first kappa shape index (κ1) is 38.6. The number of rotatable bonds is 10. The highest BCUT2D eigenvalue weighted by Crippen LogP contribution is 2.28. The molecular formula is C49H50N6. The van der Waals surface area contributed by atoms with Gasteiger partial charge >= 0.3 is 0 Å². The van der Waals surface area contributed by atoms with Crippen molar-refractivity contribution in [3.05, 3.63) is 176 Å². The quantitative estimate of drug-likeness (QED) is 0.132. The minimum absolute atomic E-state index is 0.816. The zero-order valence-corrected chi connectivity index (χ0v) is 33.8. The van der Waals surface area contributed by atoms with Crippen LogP contribution in [0.15, 0.2) is 129 Å². The Balaban J connectivity index is 1.10. The van der Waals surface area contributed by atoms with Crippen LogP contribution < -0.4 is 0 Å². The molecule has 6 aromatic rings. The van der Waals surface area contributed by atoms with Crippen molar-refractivity contribution in [2.75, 3.05) is 0 Å². The van der Waals surface area contributed by atoms with Gasteiger partial charge in [-0.25, -0.2) is 9.97 Å². The van der Waals surface area contributed by atoms with Gasteiger partial charge in [0.2, 0.25) is 0 Å². The van der Waals surface area contributed by atoms with Gasteiger partial charge < -0.3 is 0 Å². The summed E-state index contributed by atoms with van der Waals surface area (Å²) in [6.07, 6.45) is 0.816. The molecule has 0 aliphatic heterocycles. The van der Waals surface area contributed by atoms with E-state index in [1.807, 2.05) is 64.1 Å². The Morgan fingerprint density at radius 1 is 0.400 bits per heavy atom. The van der Waals surface area contributed by atoms with Crippen LogP contribution >= 0.6 is 0 Å². The molecule has 4 aromatic carbocycles. The largest absolute Gasteiger partial charge is 0.252 e. The number of benzene rings is 4. The number of pyridine rings is 2. The molecule has 0 saturated heterocycles. The van der Waals surface area contributed by atoms with Gasteiger partial charge in [0.25, 0.3) is 0 Å². The van der Waals surface area contributed by atoms with E-state index in [0.717, 1.165) is 74.8 Å². The fourth-order valence-electron chi connectivity index (χ4n) is 6.94. The van der Waals surface area contributed by atoms with Crippen LogP contribution in [0.3, 0.4) is 0 Å². The van der Waals surface area contributed by atoms with E-state index in [0.29, 0.717) is 0 Å². The number of nitrogens with zero attached hydrogens (tertiary/aromatic N) is 6. The van der Waals surface area contributed by atoms with E-state index in [9.17, 15) is 0 Å². The number of aryl methyl sites for hydroxylation is 6. The first-order chi connectivity index (χ1) is 26.3. The summed E-state index contributed by atoms with van der Waals surface area (Å²) in [6.45, 7) is 20.7. The third-order valence-corrected chi connectivity index (χ3v) is 9.69. The van der Waals surface area contributed by atoms with Gasteiger partial charge in [-0.15, -0.1) is 0 Å². The maximum absolute atomic E-state index is 4.95.